The molecule has 2 atom stereocenters. The Morgan fingerprint density at radius 1 is 1.38 bits per heavy atom. The SMILES string of the molecule is CC(CC(=O)Nc1ccc2c(c1)NC(=O)CC2)C1CCCNC1.Cl. The van der Waals surface area contributed by atoms with Gasteiger partial charge in [0.15, 0.2) is 0 Å². The molecule has 0 aliphatic carbocycles. The van der Waals surface area contributed by atoms with Gasteiger partial charge in [0.05, 0.1) is 0 Å². The van der Waals surface area contributed by atoms with Gasteiger partial charge in [-0.15, -0.1) is 12.4 Å². The van der Waals surface area contributed by atoms with Crippen LogP contribution in [0.15, 0.2) is 18.2 Å². The molecule has 2 heterocycles. The first-order valence-electron chi connectivity index (χ1n) is 8.55. The van der Waals surface area contributed by atoms with E-state index in [9.17, 15) is 9.59 Å². The first-order valence-corrected chi connectivity index (χ1v) is 8.55. The van der Waals surface area contributed by atoms with Gasteiger partial charge in [-0.25, -0.2) is 0 Å². The molecule has 0 spiro atoms. The predicted octanol–water partition coefficient (Wildman–Crippen LogP) is 2.96. The number of halogens is 1. The van der Waals surface area contributed by atoms with Crippen molar-refractivity contribution in [2.45, 2.75) is 39.0 Å². The van der Waals surface area contributed by atoms with Crippen LogP contribution in [0.3, 0.4) is 0 Å². The van der Waals surface area contributed by atoms with Gasteiger partial charge in [0.2, 0.25) is 11.8 Å². The van der Waals surface area contributed by atoms with Crippen LogP contribution in [0.2, 0.25) is 0 Å². The van der Waals surface area contributed by atoms with Crippen LogP contribution in [0.25, 0.3) is 0 Å². The lowest BCUT2D eigenvalue weighted by atomic mass is 9.85. The molecule has 2 aliphatic heterocycles. The van der Waals surface area contributed by atoms with E-state index in [-0.39, 0.29) is 24.2 Å². The number of nitrogens with one attached hydrogen (secondary N) is 3. The summed E-state index contributed by atoms with van der Waals surface area (Å²) in [5, 5.41) is 9.24. The van der Waals surface area contributed by atoms with E-state index in [1.54, 1.807) is 0 Å². The molecule has 6 heteroatoms. The fraction of sp³-hybridized carbons (Fsp3) is 0.556. The average molecular weight is 352 g/mol. The van der Waals surface area contributed by atoms with Gasteiger partial charge in [0.1, 0.15) is 0 Å². The minimum Gasteiger partial charge on any atom is -0.326 e. The van der Waals surface area contributed by atoms with Gasteiger partial charge in [-0.1, -0.05) is 13.0 Å². The summed E-state index contributed by atoms with van der Waals surface area (Å²) in [7, 11) is 0. The number of benzene rings is 1. The van der Waals surface area contributed by atoms with Crippen molar-refractivity contribution in [1.29, 1.82) is 0 Å². The molecule has 0 bridgehead atoms. The van der Waals surface area contributed by atoms with Crippen molar-refractivity contribution in [2.24, 2.45) is 11.8 Å². The van der Waals surface area contributed by atoms with Gasteiger partial charge in [-0.3, -0.25) is 9.59 Å². The highest BCUT2D eigenvalue weighted by Gasteiger charge is 2.22. The molecule has 1 saturated heterocycles. The predicted molar refractivity (Wildman–Crippen MR) is 98.6 cm³/mol. The van der Waals surface area contributed by atoms with Crippen LogP contribution >= 0.6 is 12.4 Å². The summed E-state index contributed by atoms with van der Waals surface area (Å²) in [6, 6.07) is 5.76. The van der Waals surface area contributed by atoms with Crippen LogP contribution in [-0.2, 0) is 16.0 Å². The number of piperidine rings is 1. The van der Waals surface area contributed by atoms with Gasteiger partial charge in [0.25, 0.3) is 0 Å². The zero-order chi connectivity index (χ0) is 16.2. The van der Waals surface area contributed by atoms with Gasteiger partial charge in [0, 0.05) is 24.2 Å². The lowest BCUT2D eigenvalue weighted by Gasteiger charge is -2.28. The van der Waals surface area contributed by atoms with E-state index < -0.39 is 0 Å². The second-order valence-corrected chi connectivity index (χ2v) is 6.76. The maximum absolute atomic E-state index is 12.3. The maximum atomic E-state index is 12.3. The van der Waals surface area contributed by atoms with Gasteiger partial charge in [-0.2, -0.15) is 0 Å². The molecule has 3 N–H and O–H groups in total. The first kappa shape index (κ1) is 18.7. The first-order chi connectivity index (χ1) is 11.1. The smallest absolute Gasteiger partial charge is 0.224 e. The van der Waals surface area contributed by atoms with Crippen LogP contribution in [0.1, 0.15) is 38.2 Å². The van der Waals surface area contributed by atoms with E-state index in [1.807, 2.05) is 18.2 Å². The highest BCUT2D eigenvalue weighted by Crippen LogP contribution is 2.27. The lowest BCUT2D eigenvalue weighted by Crippen LogP contribution is -2.34. The summed E-state index contributed by atoms with van der Waals surface area (Å²) in [6.45, 7) is 4.26. The number of hydrogen-bond acceptors (Lipinski definition) is 3. The van der Waals surface area contributed by atoms with E-state index in [0.29, 0.717) is 24.7 Å². The van der Waals surface area contributed by atoms with Crippen molar-refractivity contribution in [3.63, 3.8) is 0 Å². The fourth-order valence-corrected chi connectivity index (χ4v) is 3.49. The molecule has 0 saturated carbocycles. The summed E-state index contributed by atoms with van der Waals surface area (Å²) >= 11 is 0. The number of fused-ring (bicyclic) bond motifs is 1. The Labute approximate surface area is 149 Å². The van der Waals surface area contributed by atoms with Crippen molar-refractivity contribution in [3.05, 3.63) is 23.8 Å². The molecule has 2 aliphatic rings. The Morgan fingerprint density at radius 3 is 2.96 bits per heavy atom. The Hall–Kier alpha value is -1.59. The second-order valence-electron chi connectivity index (χ2n) is 6.76. The Bertz CT molecular complexity index is 600. The molecule has 3 rings (SSSR count). The van der Waals surface area contributed by atoms with Crippen molar-refractivity contribution in [2.75, 3.05) is 23.7 Å². The fourth-order valence-electron chi connectivity index (χ4n) is 3.49. The van der Waals surface area contributed by atoms with Crippen molar-refractivity contribution in [1.82, 2.24) is 5.32 Å². The molecule has 2 unspecified atom stereocenters. The number of anilines is 2. The van der Waals surface area contributed by atoms with Crippen LogP contribution in [0.5, 0.6) is 0 Å². The summed E-state index contributed by atoms with van der Waals surface area (Å²) in [5.41, 5.74) is 2.71. The topological polar surface area (TPSA) is 70.2 Å². The third-order valence-corrected chi connectivity index (χ3v) is 4.94. The Morgan fingerprint density at radius 2 is 2.21 bits per heavy atom. The maximum Gasteiger partial charge on any atom is 0.224 e. The highest BCUT2D eigenvalue weighted by atomic mass is 35.5. The molecule has 0 radical (unpaired) electrons. The number of carbonyl (C=O) groups is 2. The monoisotopic (exact) mass is 351 g/mol. The Kier molecular flexibility index (Phi) is 6.63. The number of rotatable bonds is 4. The number of carbonyl (C=O) groups excluding carboxylic acids is 2. The summed E-state index contributed by atoms with van der Waals surface area (Å²) in [6.07, 6.45) is 4.23. The van der Waals surface area contributed by atoms with E-state index in [0.717, 1.165) is 36.4 Å². The molecule has 1 aromatic carbocycles. The third kappa shape index (κ3) is 4.71. The standard InChI is InChI=1S/C18H25N3O2.ClH/c1-12(14-3-2-8-19-11-14)9-18(23)20-15-6-4-13-5-7-17(22)21-16(13)10-15;/h4,6,10,12,14,19H,2-3,5,7-9,11H2,1H3,(H,20,23)(H,21,22);1H. The van der Waals surface area contributed by atoms with Crippen molar-refractivity contribution < 1.29 is 9.59 Å². The van der Waals surface area contributed by atoms with Gasteiger partial charge >= 0.3 is 0 Å². The van der Waals surface area contributed by atoms with Gasteiger partial charge < -0.3 is 16.0 Å². The molecule has 1 aromatic rings. The molecule has 2 amide bonds. The van der Waals surface area contributed by atoms with Crippen LogP contribution < -0.4 is 16.0 Å². The highest BCUT2D eigenvalue weighted by molar-refractivity contribution is 5.96. The normalized spacial score (nSPS) is 21.0. The quantitative estimate of drug-likeness (QED) is 0.781. The van der Waals surface area contributed by atoms with E-state index in [2.05, 4.69) is 22.9 Å². The summed E-state index contributed by atoms with van der Waals surface area (Å²) in [5.74, 6) is 1.04. The Balaban J connectivity index is 0.00000208. The molecular weight excluding hydrogens is 326 g/mol. The molecule has 0 aromatic heterocycles. The molecular formula is C18H26ClN3O2. The molecule has 5 nitrogen and oxygen atoms in total. The zero-order valence-electron chi connectivity index (χ0n) is 14.1. The number of aryl methyl sites for hydroxylation is 1. The van der Waals surface area contributed by atoms with E-state index >= 15 is 0 Å². The van der Waals surface area contributed by atoms with Crippen molar-refractivity contribution >= 4 is 35.6 Å². The average Bonchev–Trinajstić information content (AvgIpc) is 2.55. The van der Waals surface area contributed by atoms with Crippen LogP contribution in [0, 0.1) is 11.8 Å². The summed E-state index contributed by atoms with van der Waals surface area (Å²) < 4.78 is 0. The lowest BCUT2D eigenvalue weighted by molar-refractivity contribution is -0.117. The van der Waals surface area contributed by atoms with Gasteiger partial charge in [-0.05, 0) is 61.9 Å². The summed E-state index contributed by atoms with van der Waals surface area (Å²) in [4.78, 5) is 23.8. The van der Waals surface area contributed by atoms with E-state index in [4.69, 9.17) is 0 Å². The largest absolute Gasteiger partial charge is 0.326 e. The second kappa shape index (κ2) is 8.49. The zero-order valence-corrected chi connectivity index (χ0v) is 14.9. The minimum atomic E-state index is 0. The van der Waals surface area contributed by atoms with E-state index in [1.165, 1.54) is 12.8 Å². The molecule has 24 heavy (non-hydrogen) atoms. The third-order valence-electron chi connectivity index (χ3n) is 4.94. The molecule has 132 valence electrons. The van der Waals surface area contributed by atoms with Crippen LogP contribution in [0.4, 0.5) is 11.4 Å². The van der Waals surface area contributed by atoms with Crippen molar-refractivity contribution in [3.8, 4) is 0 Å². The number of hydrogen-bond donors (Lipinski definition) is 3. The minimum absolute atomic E-state index is 0. The van der Waals surface area contributed by atoms with Crippen LogP contribution in [-0.4, -0.2) is 24.9 Å². The molecule has 1 fully saturated rings. The number of amides is 2.